The lowest BCUT2D eigenvalue weighted by Gasteiger charge is -2.39. The maximum absolute atomic E-state index is 10.9. The number of thiazole rings is 1. The van der Waals surface area contributed by atoms with Crippen molar-refractivity contribution in [1.29, 1.82) is 0 Å². The van der Waals surface area contributed by atoms with Crippen molar-refractivity contribution >= 4 is 22.4 Å². The van der Waals surface area contributed by atoms with Crippen LogP contribution in [0.1, 0.15) is 11.8 Å². The van der Waals surface area contributed by atoms with Crippen LogP contribution >= 0.6 is 11.3 Å². The minimum absolute atomic E-state index is 0.258. The van der Waals surface area contributed by atoms with E-state index in [1.807, 2.05) is 6.20 Å². The molecule has 0 aliphatic carbocycles. The minimum Gasteiger partial charge on any atom is -0.375 e. The molecule has 1 aliphatic rings. The van der Waals surface area contributed by atoms with Crippen LogP contribution in [-0.2, 0) is 11.3 Å². The highest BCUT2D eigenvalue weighted by atomic mass is 32.1. The number of amides is 1. The van der Waals surface area contributed by atoms with Gasteiger partial charge < -0.3 is 11.5 Å². The van der Waals surface area contributed by atoms with Gasteiger partial charge in [0.05, 0.1) is 6.54 Å². The fraction of sp³-hybridized carbons (Fsp3) is 0.636. The number of nitrogen functional groups attached to an aromatic ring is 1. The number of piperazine rings is 1. The van der Waals surface area contributed by atoms with Gasteiger partial charge in [-0.3, -0.25) is 14.6 Å². The summed E-state index contributed by atoms with van der Waals surface area (Å²) in [6.45, 7) is 6.08. The average Bonchev–Trinajstić information content (AvgIpc) is 2.67. The standard InChI is InChI=1S/C11H19N5OS/c1-8-5-15(7-10(12)17)2-3-16(8)6-9-4-14-11(13)18-9/h4,8H,2-3,5-7H2,1H3,(H2,12,17)(H2,13,14). The average molecular weight is 269 g/mol. The fourth-order valence-electron chi connectivity index (χ4n) is 2.27. The molecule has 1 saturated heterocycles. The van der Waals surface area contributed by atoms with E-state index in [9.17, 15) is 4.79 Å². The second kappa shape index (κ2) is 5.64. The van der Waals surface area contributed by atoms with Crippen LogP contribution in [0.3, 0.4) is 0 Å². The highest BCUT2D eigenvalue weighted by Crippen LogP contribution is 2.19. The zero-order valence-electron chi connectivity index (χ0n) is 10.5. The van der Waals surface area contributed by atoms with Gasteiger partial charge in [0.15, 0.2) is 5.13 Å². The van der Waals surface area contributed by atoms with Crippen molar-refractivity contribution < 1.29 is 4.79 Å². The Morgan fingerprint density at radius 2 is 2.39 bits per heavy atom. The number of aromatic nitrogens is 1. The molecule has 18 heavy (non-hydrogen) atoms. The summed E-state index contributed by atoms with van der Waals surface area (Å²) in [6, 6.07) is 0.404. The maximum Gasteiger partial charge on any atom is 0.231 e. The molecule has 1 aliphatic heterocycles. The number of carbonyl (C=O) groups is 1. The molecule has 1 aromatic heterocycles. The lowest BCUT2D eigenvalue weighted by Crippen LogP contribution is -2.53. The van der Waals surface area contributed by atoms with E-state index in [0.717, 1.165) is 26.2 Å². The number of hydrogen-bond donors (Lipinski definition) is 2. The first kappa shape index (κ1) is 13.3. The summed E-state index contributed by atoms with van der Waals surface area (Å²) in [5, 5.41) is 0.616. The molecule has 2 heterocycles. The molecule has 0 saturated carbocycles. The quantitative estimate of drug-likeness (QED) is 0.784. The molecule has 1 unspecified atom stereocenters. The topological polar surface area (TPSA) is 88.5 Å². The molecule has 0 aromatic carbocycles. The van der Waals surface area contributed by atoms with Crippen molar-refractivity contribution in [3.63, 3.8) is 0 Å². The predicted octanol–water partition coefficient (Wildman–Crippen LogP) is -0.283. The van der Waals surface area contributed by atoms with Gasteiger partial charge in [-0.1, -0.05) is 0 Å². The zero-order chi connectivity index (χ0) is 13.1. The van der Waals surface area contributed by atoms with Gasteiger partial charge in [-0.15, -0.1) is 11.3 Å². The molecular weight excluding hydrogens is 250 g/mol. The lowest BCUT2D eigenvalue weighted by molar-refractivity contribution is -0.119. The van der Waals surface area contributed by atoms with Gasteiger partial charge in [0, 0.05) is 43.3 Å². The van der Waals surface area contributed by atoms with Crippen molar-refractivity contribution in [1.82, 2.24) is 14.8 Å². The van der Waals surface area contributed by atoms with Gasteiger partial charge in [-0.25, -0.2) is 4.98 Å². The van der Waals surface area contributed by atoms with E-state index in [4.69, 9.17) is 11.5 Å². The lowest BCUT2D eigenvalue weighted by atomic mass is 10.2. The SMILES string of the molecule is CC1CN(CC(N)=O)CCN1Cc1cnc(N)s1. The van der Waals surface area contributed by atoms with Gasteiger partial charge in [0.1, 0.15) is 0 Å². The van der Waals surface area contributed by atoms with Gasteiger partial charge >= 0.3 is 0 Å². The van der Waals surface area contributed by atoms with E-state index >= 15 is 0 Å². The highest BCUT2D eigenvalue weighted by molar-refractivity contribution is 7.15. The maximum atomic E-state index is 10.9. The molecular formula is C11H19N5OS. The van der Waals surface area contributed by atoms with Crippen molar-refractivity contribution in [2.45, 2.75) is 19.5 Å². The van der Waals surface area contributed by atoms with Crippen LogP contribution in [0, 0.1) is 0 Å². The van der Waals surface area contributed by atoms with Crippen LogP contribution in [0.25, 0.3) is 0 Å². The molecule has 1 amide bonds. The van der Waals surface area contributed by atoms with E-state index in [1.165, 1.54) is 16.2 Å². The van der Waals surface area contributed by atoms with Crippen molar-refractivity contribution in [2.75, 3.05) is 31.9 Å². The van der Waals surface area contributed by atoms with Gasteiger partial charge in [0.2, 0.25) is 5.91 Å². The van der Waals surface area contributed by atoms with Crippen molar-refractivity contribution in [3.8, 4) is 0 Å². The summed E-state index contributed by atoms with van der Waals surface area (Å²) in [4.78, 5) is 20.6. The molecule has 0 bridgehead atoms. The molecule has 1 aromatic rings. The molecule has 4 N–H and O–H groups in total. The van der Waals surface area contributed by atoms with Crippen LogP contribution in [-0.4, -0.2) is 52.9 Å². The summed E-state index contributed by atoms with van der Waals surface area (Å²) >= 11 is 1.53. The molecule has 0 radical (unpaired) electrons. The van der Waals surface area contributed by atoms with Crippen molar-refractivity contribution in [3.05, 3.63) is 11.1 Å². The first-order chi connectivity index (χ1) is 8.54. The number of hydrogen-bond acceptors (Lipinski definition) is 6. The third-order valence-electron chi connectivity index (χ3n) is 3.16. The number of nitrogens with two attached hydrogens (primary N) is 2. The first-order valence-electron chi connectivity index (χ1n) is 5.99. The molecule has 7 heteroatoms. The molecule has 6 nitrogen and oxygen atoms in total. The smallest absolute Gasteiger partial charge is 0.231 e. The number of anilines is 1. The van der Waals surface area contributed by atoms with Gasteiger partial charge in [0.25, 0.3) is 0 Å². The number of primary amides is 1. The van der Waals surface area contributed by atoms with E-state index in [2.05, 4.69) is 21.7 Å². The Balaban J connectivity index is 1.87. The van der Waals surface area contributed by atoms with Crippen LogP contribution in [0.5, 0.6) is 0 Å². The normalized spacial score (nSPS) is 22.2. The van der Waals surface area contributed by atoms with E-state index < -0.39 is 0 Å². The molecule has 0 spiro atoms. The van der Waals surface area contributed by atoms with Gasteiger partial charge in [-0.05, 0) is 6.92 Å². The monoisotopic (exact) mass is 269 g/mol. The first-order valence-corrected chi connectivity index (χ1v) is 6.81. The minimum atomic E-state index is -0.258. The van der Waals surface area contributed by atoms with Crippen LogP contribution in [0.15, 0.2) is 6.20 Å². The second-order valence-electron chi connectivity index (χ2n) is 4.69. The van der Waals surface area contributed by atoms with Crippen molar-refractivity contribution in [2.24, 2.45) is 5.73 Å². The van der Waals surface area contributed by atoms with E-state index in [1.54, 1.807) is 0 Å². The number of rotatable bonds is 4. The summed E-state index contributed by atoms with van der Waals surface area (Å²) in [5.74, 6) is -0.258. The summed E-state index contributed by atoms with van der Waals surface area (Å²) in [6.07, 6.45) is 1.84. The Labute approximate surface area is 111 Å². The van der Waals surface area contributed by atoms with Crippen LogP contribution < -0.4 is 11.5 Å². The van der Waals surface area contributed by atoms with E-state index in [0.29, 0.717) is 17.7 Å². The molecule has 1 fully saturated rings. The predicted molar refractivity (Wildman–Crippen MR) is 72.0 cm³/mol. The molecule has 1 atom stereocenters. The molecule has 100 valence electrons. The van der Waals surface area contributed by atoms with Gasteiger partial charge in [-0.2, -0.15) is 0 Å². The van der Waals surface area contributed by atoms with E-state index in [-0.39, 0.29) is 5.91 Å². The Hall–Kier alpha value is -1.18. The Kier molecular flexibility index (Phi) is 4.15. The largest absolute Gasteiger partial charge is 0.375 e. The third kappa shape index (κ3) is 3.41. The van der Waals surface area contributed by atoms with Crippen LogP contribution in [0.4, 0.5) is 5.13 Å². The summed E-state index contributed by atoms with van der Waals surface area (Å²) in [5.41, 5.74) is 10.8. The Morgan fingerprint density at radius 1 is 1.61 bits per heavy atom. The molecule has 2 rings (SSSR count). The fourth-order valence-corrected chi connectivity index (χ4v) is 2.98. The zero-order valence-corrected chi connectivity index (χ0v) is 11.3. The third-order valence-corrected chi connectivity index (χ3v) is 3.97. The second-order valence-corrected chi connectivity index (χ2v) is 5.83. The summed E-state index contributed by atoms with van der Waals surface area (Å²) in [7, 11) is 0. The van der Waals surface area contributed by atoms with Crippen LogP contribution in [0.2, 0.25) is 0 Å². The Morgan fingerprint density at radius 3 is 2.94 bits per heavy atom. The Bertz CT molecular complexity index is 421. The summed E-state index contributed by atoms with van der Waals surface area (Å²) < 4.78 is 0. The number of carbonyl (C=O) groups excluding carboxylic acids is 1. The highest BCUT2D eigenvalue weighted by Gasteiger charge is 2.24. The number of nitrogens with zero attached hydrogens (tertiary/aromatic N) is 3.